The van der Waals surface area contributed by atoms with Crippen LogP contribution in [0.5, 0.6) is 11.8 Å². The third-order valence-electron chi connectivity index (χ3n) is 2.51. The predicted octanol–water partition coefficient (Wildman–Crippen LogP) is 1.97. The Kier molecular flexibility index (Phi) is 3.52. The molecular formula is C13H12N2O3. The van der Waals surface area contributed by atoms with Gasteiger partial charge in [0.25, 0.3) is 0 Å². The molecule has 0 aliphatic rings. The summed E-state index contributed by atoms with van der Waals surface area (Å²) in [4.78, 5) is 19.0. The summed E-state index contributed by atoms with van der Waals surface area (Å²) in [5, 5.41) is 0. The summed E-state index contributed by atoms with van der Waals surface area (Å²) in [7, 11) is 3.07. The maximum absolute atomic E-state index is 11.0. The molecule has 0 aliphatic carbocycles. The Morgan fingerprint density at radius 3 is 2.39 bits per heavy atom. The molecule has 92 valence electrons. The summed E-state index contributed by atoms with van der Waals surface area (Å²) in [6, 6.07) is 5.49. The van der Waals surface area contributed by atoms with E-state index in [0.29, 0.717) is 11.3 Å². The van der Waals surface area contributed by atoms with Crippen LogP contribution in [0.3, 0.4) is 0 Å². The van der Waals surface area contributed by atoms with Crippen molar-refractivity contribution in [3.05, 3.63) is 36.2 Å². The van der Waals surface area contributed by atoms with Crippen molar-refractivity contribution in [2.24, 2.45) is 0 Å². The molecule has 2 aromatic rings. The van der Waals surface area contributed by atoms with Crippen LogP contribution in [0.15, 0.2) is 30.6 Å². The van der Waals surface area contributed by atoms with E-state index in [0.717, 1.165) is 17.4 Å². The Morgan fingerprint density at radius 2 is 1.83 bits per heavy atom. The molecule has 0 fully saturated rings. The van der Waals surface area contributed by atoms with E-state index in [4.69, 9.17) is 9.47 Å². The zero-order chi connectivity index (χ0) is 13.0. The first-order valence-electron chi connectivity index (χ1n) is 5.28. The number of aldehydes is 1. The first-order valence-corrected chi connectivity index (χ1v) is 5.28. The lowest BCUT2D eigenvalue weighted by atomic mass is 10.0. The fourth-order valence-corrected chi connectivity index (χ4v) is 1.58. The number of ether oxygens (including phenoxy) is 2. The van der Waals surface area contributed by atoms with Crippen LogP contribution in [0.2, 0.25) is 0 Å². The summed E-state index contributed by atoms with van der Waals surface area (Å²) in [5.41, 5.74) is 2.02. The van der Waals surface area contributed by atoms with Crippen molar-refractivity contribution in [1.29, 1.82) is 0 Å². The van der Waals surface area contributed by atoms with Crippen LogP contribution in [-0.4, -0.2) is 30.5 Å². The summed E-state index contributed by atoms with van der Waals surface area (Å²) < 4.78 is 10.0. The zero-order valence-electron chi connectivity index (χ0n) is 10.1. The molecule has 1 aromatic carbocycles. The SMILES string of the molecule is COc1ccc(C=O)c(-c2cnc(OC)nc2)c1. The minimum absolute atomic E-state index is 0.286. The van der Waals surface area contributed by atoms with Crippen molar-refractivity contribution in [3.63, 3.8) is 0 Å². The minimum atomic E-state index is 0.286. The molecule has 0 bridgehead atoms. The Labute approximate surface area is 104 Å². The van der Waals surface area contributed by atoms with E-state index < -0.39 is 0 Å². The molecule has 0 radical (unpaired) electrons. The molecule has 0 saturated carbocycles. The average molecular weight is 244 g/mol. The minimum Gasteiger partial charge on any atom is -0.497 e. The number of carbonyl (C=O) groups excluding carboxylic acids is 1. The van der Waals surface area contributed by atoms with Gasteiger partial charge in [0.1, 0.15) is 5.75 Å². The molecular weight excluding hydrogens is 232 g/mol. The molecule has 18 heavy (non-hydrogen) atoms. The second-order valence-corrected chi connectivity index (χ2v) is 3.53. The third-order valence-corrected chi connectivity index (χ3v) is 2.51. The number of benzene rings is 1. The summed E-state index contributed by atoms with van der Waals surface area (Å²) in [6.45, 7) is 0. The summed E-state index contributed by atoms with van der Waals surface area (Å²) in [5.74, 6) is 0.673. The van der Waals surface area contributed by atoms with Crippen molar-refractivity contribution in [1.82, 2.24) is 9.97 Å². The number of methoxy groups -OCH3 is 2. The van der Waals surface area contributed by atoms with Crippen LogP contribution in [-0.2, 0) is 0 Å². The van der Waals surface area contributed by atoms with Crippen LogP contribution in [0.4, 0.5) is 0 Å². The van der Waals surface area contributed by atoms with E-state index in [1.807, 2.05) is 0 Å². The Hall–Kier alpha value is -2.43. The maximum atomic E-state index is 11.0. The van der Waals surface area contributed by atoms with E-state index >= 15 is 0 Å². The van der Waals surface area contributed by atoms with E-state index in [9.17, 15) is 4.79 Å². The third kappa shape index (κ3) is 2.29. The van der Waals surface area contributed by atoms with E-state index in [1.165, 1.54) is 7.11 Å². The lowest BCUT2D eigenvalue weighted by Crippen LogP contribution is -1.94. The van der Waals surface area contributed by atoms with Crippen LogP contribution in [0.1, 0.15) is 10.4 Å². The highest BCUT2D eigenvalue weighted by molar-refractivity contribution is 5.87. The van der Waals surface area contributed by atoms with Gasteiger partial charge < -0.3 is 9.47 Å². The molecule has 5 nitrogen and oxygen atoms in total. The Bertz CT molecular complexity index is 553. The molecule has 2 rings (SSSR count). The van der Waals surface area contributed by atoms with Gasteiger partial charge in [0.15, 0.2) is 6.29 Å². The first kappa shape index (κ1) is 12.0. The molecule has 0 spiro atoms. The normalized spacial score (nSPS) is 9.89. The van der Waals surface area contributed by atoms with Gasteiger partial charge in [-0.2, -0.15) is 0 Å². The van der Waals surface area contributed by atoms with Gasteiger partial charge in [0.2, 0.25) is 0 Å². The summed E-state index contributed by atoms with van der Waals surface area (Å²) >= 11 is 0. The van der Waals surface area contributed by atoms with Gasteiger partial charge in [0.05, 0.1) is 14.2 Å². The lowest BCUT2D eigenvalue weighted by molar-refractivity contribution is 0.112. The molecule has 0 atom stereocenters. The molecule has 1 heterocycles. The molecule has 0 amide bonds. The molecule has 0 N–H and O–H groups in total. The smallest absolute Gasteiger partial charge is 0.316 e. The lowest BCUT2D eigenvalue weighted by Gasteiger charge is -2.07. The highest BCUT2D eigenvalue weighted by atomic mass is 16.5. The molecule has 5 heteroatoms. The molecule has 0 unspecified atom stereocenters. The van der Waals surface area contributed by atoms with Crippen molar-refractivity contribution in [2.75, 3.05) is 14.2 Å². The standard InChI is InChI=1S/C13H12N2O3/c1-17-11-4-3-9(8-16)12(5-11)10-6-14-13(18-2)15-7-10/h3-8H,1-2H3. The van der Waals surface area contributed by atoms with Gasteiger partial charge in [-0.25, -0.2) is 9.97 Å². The quantitative estimate of drug-likeness (QED) is 0.769. The van der Waals surface area contributed by atoms with Crippen LogP contribution >= 0.6 is 0 Å². The van der Waals surface area contributed by atoms with Crippen molar-refractivity contribution >= 4 is 6.29 Å². The fourth-order valence-electron chi connectivity index (χ4n) is 1.58. The van der Waals surface area contributed by atoms with E-state index in [2.05, 4.69) is 9.97 Å². The largest absolute Gasteiger partial charge is 0.497 e. The predicted molar refractivity (Wildman–Crippen MR) is 66.0 cm³/mol. The van der Waals surface area contributed by atoms with Gasteiger partial charge in [-0.1, -0.05) is 0 Å². The van der Waals surface area contributed by atoms with Crippen molar-refractivity contribution in [2.45, 2.75) is 0 Å². The highest BCUT2D eigenvalue weighted by Crippen LogP contribution is 2.26. The van der Waals surface area contributed by atoms with E-state index in [-0.39, 0.29) is 6.01 Å². The monoisotopic (exact) mass is 244 g/mol. The number of nitrogens with zero attached hydrogens (tertiary/aromatic N) is 2. The van der Waals surface area contributed by atoms with Crippen LogP contribution < -0.4 is 9.47 Å². The van der Waals surface area contributed by atoms with Crippen LogP contribution in [0, 0.1) is 0 Å². The van der Waals surface area contributed by atoms with Crippen molar-refractivity contribution < 1.29 is 14.3 Å². The van der Waals surface area contributed by atoms with Gasteiger partial charge in [-0.3, -0.25) is 4.79 Å². The van der Waals surface area contributed by atoms with Crippen molar-refractivity contribution in [3.8, 4) is 22.9 Å². The number of aromatic nitrogens is 2. The highest BCUT2D eigenvalue weighted by Gasteiger charge is 2.08. The van der Waals surface area contributed by atoms with E-state index in [1.54, 1.807) is 37.7 Å². The number of rotatable bonds is 4. The zero-order valence-corrected chi connectivity index (χ0v) is 10.1. The van der Waals surface area contributed by atoms with Gasteiger partial charge in [-0.15, -0.1) is 0 Å². The van der Waals surface area contributed by atoms with Gasteiger partial charge in [-0.05, 0) is 23.8 Å². The molecule has 0 aliphatic heterocycles. The second kappa shape index (κ2) is 5.27. The average Bonchev–Trinajstić information content (AvgIpc) is 2.46. The second-order valence-electron chi connectivity index (χ2n) is 3.53. The fraction of sp³-hybridized carbons (Fsp3) is 0.154. The maximum Gasteiger partial charge on any atom is 0.316 e. The molecule has 0 saturated heterocycles. The Morgan fingerprint density at radius 1 is 1.11 bits per heavy atom. The Balaban J connectivity index is 2.49. The number of carbonyl (C=O) groups is 1. The first-order chi connectivity index (χ1) is 8.78. The number of hydrogen-bond acceptors (Lipinski definition) is 5. The van der Waals surface area contributed by atoms with Gasteiger partial charge >= 0.3 is 6.01 Å². The topological polar surface area (TPSA) is 61.3 Å². The molecule has 1 aromatic heterocycles. The van der Waals surface area contributed by atoms with Gasteiger partial charge in [0, 0.05) is 23.5 Å². The van der Waals surface area contributed by atoms with Crippen LogP contribution in [0.25, 0.3) is 11.1 Å². The number of hydrogen-bond donors (Lipinski definition) is 0. The summed E-state index contributed by atoms with van der Waals surface area (Å²) in [6.07, 6.45) is 4.00.